The average Bonchev–Trinajstić information content (AvgIpc) is 3.13. The molecule has 0 spiro atoms. The van der Waals surface area contributed by atoms with E-state index in [2.05, 4.69) is 10.2 Å². The maximum Gasteiger partial charge on any atom is 0.341 e. The highest BCUT2D eigenvalue weighted by atomic mass is 35.5. The van der Waals surface area contributed by atoms with Crippen LogP contribution >= 0.6 is 22.9 Å². The number of hydrogen-bond donors (Lipinski definition) is 1. The number of fused-ring (bicyclic) bond motifs is 3. The third-order valence-corrected chi connectivity index (χ3v) is 6.98. The molecular formula is C21H25Cl2N3O3S. The van der Waals surface area contributed by atoms with Crippen LogP contribution in [0.3, 0.4) is 0 Å². The van der Waals surface area contributed by atoms with Crippen molar-refractivity contribution in [2.24, 2.45) is 0 Å². The predicted octanol–water partition coefficient (Wildman–Crippen LogP) is 0.334. The predicted molar refractivity (Wildman–Crippen MR) is 116 cm³/mol. The zero-order valence-electron chi connectivity index (χ0n) is 16.8. The summed E-state index contributed by atoms with van der Waals surface area (Å²) in [5.74, 6) is -0.469. The molecule has 162 valence electrons. The van der Waals surface area contributed by atoms with E-state index in [1.54, 1.807) is 19.1 Å². The number of carbonyl (C=O) groups excluding carboxylic acids is 2. The number of thiophene rings is 1. The van der Waals surface area contributed by atoms with E-state index < -0.39 is 5.97 Å². The topological polar surface area (TPSA) is 58.6 Å². The second-order valence-corrected chi connectivity index (χ2v) is 8.96. The number of hydrogen-bond acceptors (Lipinski definition) is 5. The molecule has 1 amide bonds. The Hall–Kier alpha value is -1.64. The van der Waals surface area contributed by atoms with Crippen LogP contribution in [0.25, 0.3) is 11.1 Å². The number of esters is 1. The first kappa shape index (κ1) is 23.0. The van der Waals surface area contributed by atoms with Gasteiger partial charge in [-0.2, -0.15) is 0 Å². The van der Waals surface area contributed by atoms with E-state index in [1.165, 1.54) is 11.3 Å². The summed E-state index contributed by atoms with van der Waals surface area (Å²) in [6.07, 6.45) is 0. The molecule has 3 saturated heterocycles. The van der Waals surface area contributed by atoms with Gasteiger partial charge in [-0.1, -0.05) is 23.7 Å². The van der Waals surface area contributed by atoms with Crippen molar-refractivity contribution in [3.8, 4) is 11.1 Å². The molecule has 0 unspecified atom stereocenters. The summed E-state index contributed by atoms with van der Waals surface area (Å²) in [6, 6.07) is 7.30. The molecule has 1 N–H and O–H groups in total. The molecule has 2 aromatic rings. The Morgan fingerprint density at radius 2 is 1.80 bits per heavy atom. The third-order valence-electron chi connectivity index (χ3n) is 5.83. The van der Waals surface area contributed by atoms with E-state index in [4.69, 9.17) is 16.3 Å². The molecule has 6 nitrogen and oxygen atoms in total. The smallest absolute Gasteiger partial charge is 0.341 e. The standard InChI is InChI=1S/C21H24ClN3O3S.ClH/c1-2-28-21(27)19-17(15-3-5-16(22)6-4-15)14-29-20(19)23-18(26)13-25-10-7-24(8-11-25)9-12-25;/h3-6,14H,2,7-13H2,1H3;1H. The molecule has 3 aliphatic rings. The lowest BCUT2D eigenvalue weighted by Gasteiger charge is -2.50. The lowest BCUT2D eigenvalue weighted by atomic mass is 10.0. The van der Waals surface area contributed by atoms with E-state index in [1.807, 2.05) is 17.5 Å². The van der Waals surface area contributed by atoms with Crippen LogP contribution < -0.4 is 17.7 Å². The van der Waals surface area contributed by atoms with Gasteiger partial charge in [0.05, 0.1) is 26.2 Å². The van der Waals surface area contributed by atoms with Gasteiger partial charge in [0, 0.05) is 35.6 Å². The monoisotopic (exact) mass is 469 g/mol. The first-order valence-corrected chi connectivity index (χ1v) is 11.2. The van der Waals surface area contributed by atoms with E-state index in [9.17, 15) is 9.59 Å². The maximum atomic E-state index is 12.9. The molecule has 30 heavy (non-hydrogen) atoms. The van der Waals surface area contributed by atoms with Crippen LogP contribution in [0.15, 0.2) is 29.6 Å². The summed E-state index contributed by atoms with van der Waals surface area (Å²) in [4.78, 5) is 28.0. The molecular weight excluding hydrogens is 445 g/mol. The normalized spacial score (nSPS) is 22.3. The van der Waals surface area contributed by atoms with Gasteiger partial charge in [-0.15, -0.1) is 11.3 Å². The number of piperazine rings is 3. The molecule has 0 radical (unpaired) electrons. The molecule has 5 rings (SSSR count). The Bertz CT molecular complexity index is 895. The van der Waals surface area contributed by atoms with Crippen molar-refractivity contribution in [1.29, 1.82) is 0 Å². The van der Waals surface area contributed by atoms with Crippen LogP contribution in [-0.4, -0.2) is 73.7 Å². The minimum absolute atomic E-state index is 0. The fourth-order valence-electron chi connectivity index (χ4n) is 4.14. The van der Waals surface area contributed by atoms with Crippen molar-refractivity contribution < 1.29 is 31.2 Å². The van der Waals surface area contributed by atoms with Gasteiger partial charge in [0.2, 0.25) is 0 Å². The van der Waals surface area contributed by atoms with Crippen molar-refractivity contribution >= 4 is 39.8 Å². The van der Waals surface area contributed by atoms with Crippen molar-refractivity contribution in [3.63, 3.8) is 0 Å². The maximum absolute atomic E-state index is 12.9. The summed E-state index contributed by atoms with van der Waals surface area (Å²) in [5, 5.41) is 6.06. The number of quaternary nitrogens is 1. The van der Waals surface area contributed by atoms with Gasteiger partial charge < -0.3 is 26.9 Å². The van der Waals surface area contributed by atoms with Crippen molar-refractivity contribution in [2.45, 2.75) is 6.92 Å². The largest absolute Gasteiger partial charge is 1.00 e. The Morgan fingerprint density at radius 3 is 2.40 bits per heavy atom. The summed E-state index contributed by atoms with van der Waals surface area (Å²) >= 11 is 7.35. The average molecular weight is 470 g/mol. The van der Waals surface area contributed by atoms with Gasteiger partial charge in [0.1, 0.15) is 10.6 Å². The number of benzene rings is 1. The van der Waals surface area contributed by atoms with Gasteiger partial charge in [0.25, 0.3) is 5.91 Å². The zero-order chi connectivity index (χ0) is 20.4. The first-order valence-electron chi connectivity index (χ1n) is 9.91. The molecule has 0 saturated carbocycles. The number of anilines is 1. The van der Waals surface area contributed by atoms with Crippen molar-refractivity contribution in [1.82, 2.24) is 4.90 Å². The molecule has 4 heterocycles. The highest BCUT2D eigenvalue weighted by molar-refractivity contribution is 7.15. The molecule has 0 aliphatic carbocycles. The summed E-state index contributed by atoms with van der Waals surface area (Å²) < 4.78 is 6.11. The zero-order valence-corrected chi connectivity index (χ0v) is 19.2. The van der Waals surface area contributed by atoms with Gasteiger partial charge in [0.15, 0.2) is 6.54 Å². The molecule has 3 fully saturated rings. The molecule has 1 aromatic carbocycles. The number of nitrogens with zero attached hydrogens (tertiary/aromatic N) is 2. The quantitative estimate of drug-likeness (QED) is 0.489. The summed E-state index contributed by atoms with van der Waals surface area (Å²) in [7, 11) is 0. The van der Waals surface area contributed by atoms with Crippen LogP contribution in [-0.2, 0) is 9.53 Å². The Balaban J connectivity index is 0.00000256. The second kappa shape index (κ2) is 9.66. The minimum Gasteiger partial charge on any atom is -1.00 e. The van der Waals surface area contributed by atoms with Crippen LogP contribution in [0.4, 0.5) is 5.00 Å². The van der Waals surface area contributed by atoms with E-state index in [-0.39, 0.29) is 24.9 Å². The van der Waals surface area contributed by atoms with Crippen LogP contribution in [0, 0.1) is 0 Å². The lowest BCUT2D eigenvalue weighted by Crippen LogP contribution is -3.00. The van der Waals surface area contributed by atoms with E-state index in [0.29, 0.717) is 22.1 Å². The van der Waals surface area contributed by atoms with Crippen LogP contribution in [0.5, 0.6) is 0 Å². The Labute approximate surface area is 191 Å². The summed E-state index contributed by atoms with van der Waals surface area (Å²) in [6.45, 7) is 8.71. The molecule has 1 aromatic heterocycles. The fourth-order valence-corrected chi connectivity index (χ4v) is 5.24. The van der Waals surface area contributed by atoms with Crippen LogP contribution in [0.1, 0.15) is 17.3 Å². The van der Waals surface area contributed by atoms with Crippen molar-refractivity contribution in [3.05, 3.63) is 40.2 Å². The SMILES string of the molecule is CCOC(=O)c1c(-c2ccc(Cl)cc2)csc1NC(=O)C[N+]12CCN(CC1)CC2.[Cl-]. The molecule has 0 atom stereocenters. The van der Waals surface area contributed by atoms with Gasteiger partial charge in [-0.05, 0) is 24.6 Å². The minimum atomic E-state index is -0.423. The molecule has 9 heteroatoms. The number of rotatable bonds is 6. The van der Waals surface area contributed by atoms with Crippen LogP contribution in [0.2, 0.25) is 5.02 Å². The van der Waals surface area contributed by atoms with E-state index in [0.717, 1.165) is 54.9 Å². The lowest BCUT2D eigenvalue weighted by molar-refractivity contribution is -0.933. The fraction of sp³-hybridized carbons (Fsp3) is 0.429. The molecule has 2 bridgehead atoms. The number of nitrogens with one attached hydrogen (secondary N) is 1. The number of halogens is 2. The second-order valence-electron chi connectivity index (χ2n) is 7.64. The van der Waals surface area contributed by atoms with Gasteiger partial charge >= 0.3 is 5.97 Å². The van der Waals surface area contributed by atoms with Gasteiger partial charge in [-0.3, -0.25) is 9.69 Å². The highest BCUT2D eigenvalue weighted by Gasteiger charge is 2.40. The highest BCUT2D eigenvalue weighted by Crippen LogP contribution is 2.36. The molecule has 3 aliphatic heterocycles. The van der Waals surface area contributed by atoms with E-state index >= 15 is 0 Å². The Kier molecular flexibility index (Phi) is 7.42. The summed E-state index contributed by atoms with van der Waals surface area (Å²) in [5.41, 5.74) is 2.03. The first-order chi connectivity index (χ1) is 14.0. The number of amides is 1. The van der Waals surface area contributed by atoms with Crippen molar-refractivity contribution in [2.75, 3.05) is 57.7 Å². The number of ether oxygens (including phenoxy) is 1. The third kappa shape index (κ3) is 4.81. The number of carbonyl (C=O) groups is 2. The Morgan fingerprint density at radius 1 is 1.17 bits per heavy atom. The van der Waals surface area contributed by atoms with Gasteiger partial charge in [-0.25, -0.2) is 4.79 Å².